The van der Waals surface area contributed by atoms with Gasteiger partial charge in [-0.25, -0.2) is 0 Å². The fourth-order valence-electron chi connectivity index (χ4n) is 1.71. The van der Waals surface area contributed by atoms with E-state index in [9.17, 15) is 0 Å². The van der Waals surface area contributed by atoms with Crippen LogP contribution in [-0.4, -0.2) is 7.11 Å². The normalized spacial score (nSPS) is 10.9. The number of rotatable bonds is 3. The van der Waals surface area contributed by atoms with Crippen molar-refractivity contribution in [2.24, 2.45) is 5.73 Å². The first-order valence-electron chi connectivity index (χ1n) is 5.08. The fraction of sp³-hybridized carbons (Fsp3) is 0.500. The summed E-state index contributed by atoms with van der Waals surface area (Å²) >= 11 is 6.16. The molecule has 0 saturated heterocycles. The molecule has 3 heteroatoms. The molecule has 2 N–H and O–H groups in total. The Bertz CT molecular complexity index is 361. The first-order valence-corrected chi connectivity index (χ1v) is 5.46. The molecule has 1 aromatic carbocycles. The Balaban J connectivity index is 3.47. The zero-order chi connectivity index (χ0) is 11.6. The zero-order valence-corrected chi connectivity index (χ0v) is 10.5. The first kappa shape index (κ1) is 12.3. The molecule has 0 radical (unpaired) electrons. The van der Waals surface area contributed by atoms with Crippen molar-refractivity contribution < 1.29 is 4.74 Å². The Morgan fingerprint density at radius 3 is 2.47 bits per heavy atom. The van der Waals surface area contributed by atoms with Gasteiger partial charge in [0, 0.05) is 17.1 Å². The number of hydrogen-bond donors (Lipinski definition) is 1. The third kappa shape index (κ3) is 2.27. The van der Waals surface area contributed by atoms with Gasteiger partial charge in [0.2, 0.25) is 0 Å². The second-order valence-electron chi connectivity index (χ2n) is 3.94. The Morgan fingerprint density at radius 2 is 2.07 bits per heavy atom. The van der Waals surface area contributed by atoms with Crippen LogP contribution < -0.4 is 10.5 Å². The predicted molar refractivity (Wildman–Crippen MR) is 64.7 cm³/mol. The van der Waals surface area contributed by atoms with Crippen molar-refractivity contribution in [3.63, 3.8) is 0 Å². The van der Waals surface area contributed by atoms with Gasteiger partial charge in [0.15, 0.2) is 0 Å². The summed E-state index contributed by atoms with van der Waals surface area (Å²) in [5.74, 6) is 1.26. The SMILES string of the molecule is COc1c(C(C)C)cc(Cl)c(C)c1CN. The quantitative estimate of drug-likeness (QED) is 0.861. The topological polar surface area (TPSA) is 35.2 Å². The van der Waals surface area contributed by atoms with E-state index in [0.717, 1.165) is 27.5 Å². The number of ether oxygens (including phenoxy) is 1. The number of benzene rings is 1. The molecule has 0 atom stereocenters. The summed E-state index contributed by atoms with van der Waals surface area (Å²) in [6.07, 6.45) is 0. The van der Waals surface area contributed by atoms with Crippen LogP contribution in [0.3, 0.4) is 0 Å². The van der Waals surface area contributed by atoms with Crippen LogP contribution in [0.2, 0.25) is 5.02 Å². The summed E-state index contributed by atoms with van der Waals surface area (Å²) in [6.45, 7) is 6.65. The lowest BCUT2D eigenvalue weighted by atomic mass is 9.96. The van der Waals surface area contributed by atoms with Crippen LogP contribution >= 0.6 is 11.6 Å². The molecule has 1 aromatic rings. The highest BCUT2D eigenvalue weighted by atomic mass is 35.5. The molecule has 84 valence electrons. The molecule has 0 bridgehead atoms. The Labute approximate surface area is 96.4 Å². The predicted octanol–water partition coefficient (Wildman–Crippen LogP) is 3.24. The van der Waals surface area contributed by atoms with Gasteiger partial charge in [0.05, 0.1) is 7.11 Å². The van der Waals surface area contributed by atoms with Gasteiger partial charge < -0.3 is 10.5 Å². The first-order chi connectivity index (χ1) is 7.02. The second-order valence-corrected chi connectivity index (χ2v) is 4.35. The van der Waals surface area contributed by atoms with Crippen molar-refractivity contribution in [1.82, 2.24) is 0 Å². The van der Waals surface area contributed by atoms with Crippen LogP contribution in [0.15, 0.2) is 6.07 Å². The molecule has 0 saturated carbocycles. The molecule has 1 rings (SSSR count). The fourth-order valence-corrected chi connectivity index (χ4v) is 1.95. The van der Waals surface area contributed by atoms with Gasteiger partial charge in [-0.2, -0.15) is 0 Å². The molecule has 0 heterocycles. The largest absolute Gasteiger partial charge is 0.496 e. The Kier molecular flexibility index (Phi) is 4.00. The smallest absolute Gasteiger partial charge is 0.127 e. The Morgan fingerprint density at radius 1 is 1.47 bits per heavy atom. The molecule has 2 nitrogen and oxygen atoms in total. The molecule has 0 aliphatic heterocycles. The van der Waals surface area contributed by atoms with Crippen molar-refractivity contribution in [1.29, 1.82) is 0 Å². The summed E-state index contributed by atoms with van der Waals surface area (Å²) in [4.78, 5) is 0. The van der Waals surface area contributed by atoms with Crippen LogP contribution in [0, 0.1) is 6.92 Å². The lowest BCUT2D eigenvalue weighted by Crippen LogP contribution is -2.06. The molecule has 0 aliphatic carbocycles. The summed E-state index contributed by atoms with van der Waals surface area (Å²) in [5.41, 5.74) is 8.87. The van der Waals surface area contributed by atoms with Crippen LogP contribution in [-0.2, 0) is 6.54 Å². The molecule has 0 spiro atoms. The maximum absolute atomic E-state index is 6.16. The summed E-state index contributed by atoms with van der Waals surface area (Å²) in [5, 5.41) is 0.764. The molecule has 0 fully saturated rings. The zero-order valence-electron chi connectivity index (χ0n) is 9.73. The van der Waals surface area contributed by atoms with E-state index in [4.69, 9.17) is 22.1 Å². The van der Waals surface area contributed by atoms with E-state index in [2.05, 4.69) is 13.8 Å². The van der Waals surface area contributed by atoms with E-state index >= 15 is 0 Å². The standard InChI is InChI=1S/C12H18ClNO/c1-7(2)9-5-11(13)8(3)10(6-14)12(9)15-4/h5,7H,6,14H2,1-4H3. The highest BCUT2D eigenvalue weighted by molar-refractivity contribution is 6.31. The van der Waals surface area contributed by atoms with Crippen molar-refractivity contribution in [2.75, 3.05) is 7.11 Å². The lowest BCUT2D eigenvalue weighted by molar-refractivity contribution is 0.402. The van der Waals surface area contributed by atoms with Crippen molar-refractivity contribution in [3.8, 4) is 5.75 Å². The van der Waals surface area contributed by atoms with Crippen LogP contribution in [0.5, 0.6) is 5.75 Å². The van der Waals surface area contributed by atoms with Crippen LogP contribution in [0.4, 0.5) is 0 Å². The van der Waals surface area contributed by atoms with Crippen LogP contribution in [0.25, 0.3) is 0 Å². The lowest BCUT2D eigenvalue weighted by Gasteiger charge is -2.18. The minimum atomic E-state index is 0.378. The minimum Gasteiger partial charge on any atom is -0.496 e. The minimum absolute atomic E-state index is 0.378. The van der Waals surface area contributed by atoms with E-state index in [0.29, 0.717) is 12.5 Å². The third-order valence-corrected chi connectivity index (χ3v) is 3.05. The number of methoxy groups -OCH3 is 1. The van der Waals surface area contributed by atoms with Gasteiger partial charge in [-0.3, -0.25) is 0 Å². The molecule has 15 heavy (non-hydrogen) atoms. The average Bonchev–Trinajstić information content (AvgIpc) is 2.20. The van der Waals surface area contributed by atoms with Crippen LogP contribution in [0.1, 0.15) is 36.5 Å². The highest BCUT2D eigenvalue weighted by Gasteiger charge is 2.16. The van der Waals surface area contributed by atoms with Gasteiger partial charge in [0.1, 0.15) is 5.75 Å². The number of nitrogens with two attached hydrogens (primary N) is 1. The van der Waals surface area contributed by atoms with Crippen molar-refractivity contribution in [3.05, 3.63) is 27.8 Å². The monoisotopic (exact) mass is 227 g/mol. The van der Waals surface area contributed by atoms with E-state index in [1.54, 1.807) is 7.11 Å². The van der Waals surface area contributed by atoms with Gasteiger partial charge >= 0.3 is 0 Å². The molecule has 0 unspecified atom stereocenters. The van der Waals surface area contributed by atoms with E-state index in [1.165, 1.54) is 0 Å². The average molecular weight is 228 g/mol. The van der Waals surface area contributed by atoms with E-state index in [1.807, 2.05) is 13.0 Å². The van der Waals surface area contributed by atoms with Crippen molar-refractivity contribution in [2.45, 2.75) is 33.2 Å². The molecular weight excluding hydrogens is 210 g/mol. The molecule has 0 amide bonds. The van der Waals surface area contributed by atoms with E-state index < -0.39 is 0 Å². The Hall–Kier alpha value is -0.730. The molecule has 0 aliphatic rings. The van der Waals surface area contributed by atoms with Gasteiger partial charge in [-0.1, -0.05) is 25.4 Å². The summed E-state index contributed by atoms with van der Waals surface area (Å²) in [7, 11) is 1.67. The van der Waals surface area contributed by atoms with Gasteiger partial charge in [-0.05, 0) is 30.0 Å². The molecule has 0 aromatic heterocycles. The molecular formula is C12H18ClNO. The third-order valence-electron chi connectivity index (χ3n) is 2.66. The number of halogens is 1. The summed E-state index contributed by atoms with van der Waals surface area (Å²) in [6, 6.07) is 1.97. The highest BCUT2D eigenvalue weighted by Crippen LogP contribution is 2.36. The maximum Gasteiger partial charge on any atom is 0.127 e. The number of hydrogen-bond acceptors (Lipinski definition) is 2. The van der Waals surface area contributed by atoms with Gasteiger partial charge in [0.25, 0.3) is 0 Å². The van der Waals surface area contributed by atoms with E-state index in [-0.39, 0.29) is 0 Å². The maximum atomic E-state index is 6.16. The van der Waals surface area contributed by atoms with Crippen molar-refractivity contribution >= 4 is 11.6 Å². The van der Waals surface area contributed by atoms with Gasteiger partial charge in [-0.15, -0.1) is 0 Å². The second kappa shape index (κ2) is 4.86. The summed E-state index contributed by atoms with van der Waals surface area (Å²) < 4.78 is 5.43.